The fourth-order valence-electron chi connectivity index (χ4n) is 6.41. The number of rotatable bonds is 8. The Kier molecular flexibility index (Phi) is 10.2. The smallest absolute Gasteiger partial charge is 0.309 e. The van der Waals surface area contributed by atoms with Crippen LogP contribution in [0.25, 0.3) is 16.1 Å². The molecule has 44 heavy (non-hydrogen) atoms. The van der Waals surface area contributed by atoms with E-state index >= 15 is 0 Å². The van der Waals surface area contributed by atoms with Crippen molar-refractivity contribution in [1.29, 1.82) is 0 Å². The Morgan fingerprint density at radius 3 is 2.55 bits per heavy atom. The van der Waals surface area contributed by atoms with Crippen LogP contribution in [0.1, 0.15) is 73.5 Å². The molecule has 0 spiro atoms. The lowest BCUT2D eigenvalue weighted by Crippen LogP contribution is -2.39. The van der Waals surface area contributed by atoms with Crippen LogP contribution in [-0.2, 0) is 9.53 Å². The number of piperidine rings is 1. The van der Waals surface area contributed by atoms with Crippen LogP contribution in [0.15, 0.2) is 29.8 Å². The zero-order chi connectivity index (χ0) is 30.6. The van der Waals surface area contributed by atoms with Crippen LogP contribution in [0.4, 0.5) is 10.9 Å². The molecule has 0 atom stereocenters. The van der Waals surface area contributed by atoms with E-state index in [1.54, 1.807) is 23.6 Å². The molecule has 3 aliphatic rings. The van der Waals surface area contributed by atoms with Gasteiger partial charge in [-0.1, -0.05) is 59.9 Å². The second-order valence-corrected chi connectivity index (χ2v) is 14.3. The molecule has 0 bridgehead atoms. The van der Waals surface area contributed by atoms with Crippen molar-refractivity contribution < 1.29 is 14.3 Å². The lowest BCUT2D eigenvalue weighted by Gasteiger charge is -2.36. The first-order valence-corrected chi connectivity index (χ1v) is 17.9. The summed E-state index contributed by atoms with van der Waals surface area (Å²) in [4.78, 5) is 41.6. The number of nitrogens with zero attached hydrogens (tertiary/aromatic N) is 4. The monoisotopic (exact) mass is 673 g/mol. The Labute approximate surface area is 276 Å². The first-order chi connectivity index (χ1) is 21.4. The van der Waals surface area contributed by atoms with Crippen molar-refractivity contribution in [3.8, 4) is 10.6 Å². The number of anilines is 2. The minimum Gasteiger partial charge on any atom is -0.466 e. The number of nitrogens with one attached hydrogen (secondary N) is 1. The molecule has 12 heteroatoms. The average molecular weight is 675 g/mol. The molecule has 1 saturated carbocycles. The maximum absolute atomic E-state index is 13.3. The lowest BCUT2D eigenvalue weighted by atomic mass is 9.92. The van der Waals surface area contributed by atoms with Gasteiger partial charge in [-0.15, -0.1) is 11.3 Å². The van der Waals surface area contributed by atoms with Gasteiger partial charge in [0.15, 0.2) is 5.13 Å². The maximum atomic E-state index is 13.3. The van der Waals surface area contributed by atoms with Crippen molar-refractivity contribution in [3.05, 3.63) is 50.3 Å². The molecule has 2 fully saturated rings. The number of halogens is 2. The predicted octanol–water partition coefficient (Wildman–Crippen LogP) is 8.03. The highest BCUT2D eigenvalue weighted by Crippen LogP contribution is 2.42. The third-order valence-electron chi connectivity index (χ3n) is 8.77. The third kappa shape index (κ3) is 7.15. The van der Waals surface area contributed by atoms with Crippen LogP contribution in [0.5, 0.6) is 0 Å². The van der Waals surface area contributed by atoms with E-state index in [9.17, 15) is 9.59 Å². The molecule has 0 radical (unpaired) electrons. The summed E-state index contributed by atoms with van der Waals surface area (Å²) in [6, 6.07) is 4.28. The van der Waals surface area contributed by atoms with E-state index in [0.717, 1.165) is 35.0 Å². The van der Waals surface area contributed by atoms with Gasteiger partial charge in [-0.3, -0.25) is 19.8 Å². The first kappa shape index (κ1) is 31.5. The summed E-state index contributed by atoms with van der Waals surface area (Å²) in [6.07, 6.45) is 12.8. The lowest BCUT2D eigenvalue weighted by molar-refractivity contribution is -0.148. The van der Waals surface area contributed by atoms with Crippen molar-refractivity contribution in [2.75, 3.05) is 43.0 Å². The normalized spacial score (nSPS) is 18.7. The Hall–Kier alpha value is -2.50. The van der Waals surface area contributed by atoms with E-state index in [1.165, 1.54) is 49.0 Å². The van der Waals surface area contributed by atoms with Crippen molar-refractivity contribution >= 4 is 74.3 Å². The Bertz CT molecular complexity index is 1530. The Balaban J connectivity index is 1.16. The number of aromatic nitrogens is 2. The van der Waals surface area contributed by atoms with Gasteiger partial charge >= 0.3 is 5.97 Å². The summed E-state index contributed by atoms with van der Waals surface area (Å²) in [7, 11) is 0. The molecule has 1 aliphatic carbocycles. The number of hydrogen-bond donors (Lipinski definition) is 1. The van der Waals surface area contributed by atoms with Crippen LogP contribution in [-0.4, -0.2) is 65.6 Å². The van der Waals surface area contributed by atoms with Crippen LogP contribution in [0.3, 0.4) is 0 Å². The minimum atomic E-state index is -0.316. The molecule has 0 unspecified atom stereocenters. The zero-order valence-electron chi connectivity index (χ0n) is 24.8. The van der Waals surface area contributed by atoms with Gasteiger partial charge in [0, 0.05) is 43.8 Å². The van der Waals surface area contributed by atoms with Crippen molar-refractivity contribution in [2.24, 2.45) is 5.92 Å². The fraction of sp³-hybridized carbons (Fsp3) is 0.500. The predicted molar refractivity (Wildman–Crippen MR) is 180 cm³/mol. The molecular weight excluding hydrogens is 637 g/mol. The number of amides is 1. The molecule has 3 aromatic rings. The van der Waals surface area contributed by atoms with Gasteiger partial charge in [-0.2, -0.15) is 0 Å². The summed E-state index contributed by atoms with van der Waals surface area (Å²) >= 11 is 16.0. The quantitative estimate of drug-likeness (QED) is 0.242. The molecular formula is C32H37Cl2N5O3S2. The molecule has 6 rings (SSSR count). The van der Waals surface area contributed by atoms with Crippen molar-refractivity contribution in [3.63, 3.8) is 0 Å². The van der Waals surface area contributed by atoms with Gasteiger partial charge in [-0.05, 0) is 56.7 Å². The summed E-state index contributed by atoms with van der Waals surface area (Å²) in [6.45, 7) is 5.48. The Morgan fingerprint density at radius 1 is 1.09 bits per heavy atom. The van der Waals surface area contributed by atoms with E-state index in [1.807, 2.05) is 18.4 Å². The third-order valence-corrected chi connectivity index (χ3v) is 11.4. The molecule has 1 saturated heterocycles. The van der Waals surface area contributed by atoms with E-state index in [-0.39, 0.29) is 17.8 Å². The minimum absolute atomic E-state index is 0.103. The molecule has 5 heterocycles. The van der Waals surface area contributed by atoms with E-state index in [2.05, 4.69) is 26.2 Å². The number of esters is 1. The molecule has 0 aromatic carbocycles. The molecule has 2 aliphatic heterocycles. The summed E-state index contributed by atoms with van der Waals surface area (Å²) in [5, 5.41) is 6.51. The van der Waals surface area contributed by atoms with Crippen LogP contribution in [0, 0.1) is 5.92 Å². The van der Waals surface area contributed by atoms with Gasteiger partial charge in [0.25, 0.3) is 5.91 Å². The SMILES string of the molecule is CCOC(=O)C1CCN(c2ncc(C(=O)Nc3nc(-c4cc(Cl)cs4)c(C4=CCN(C5CCCCC5)CC4)s3)cc2Cl)CC1. The summed E-state index contributed by atoms with van der Waals surface area (Å²) in [5.74, 6) is 0.0539. The molecule has 8 nitrogen and oxygen atoms in total. The topological polar surface area (TPSA) is 87.7 Å². The van der Waals surface area contributed by atoms with Gasteiger partial charge in [0.2, 0.25) is 0 Å². The van der Waals surface area contributed by atoms with E-state index < -0.39 is 0 Å². The van der Waals surface area contributed by atoms with Gasteiger partial charge in [-0.25, -0.2) is 9.97 Å². The second-order valence-electron chi connectivity index (χ2n) is 11.6. The van der Waals surface area contributed by atoms with E-state index in [0.29, 0.717) is 65.1 Å². The molecule has 3 aromatic heterocycles. The highest BCUT2D eigenvalue weighted by Gasteiger charge is 2.29. The van der Waals surface area contributed by atoms with Crippen molar-refractivity contribution in [1.82, 2.24) is 14.9 Å². The van der Waals surface area contributed by atoms with E-state index in [4.69, 9.17) is 32.9 Å². The van der Waals surface area contributed by atoms with Crippen LogP contribution in [0.2, 0.25) is 10.0 Å². The van der Waals surface area contributed by atoms with Gasteiger partial charge in [0.05, 0.1) is 37.9 Å². The number of carbonyl (C=O) groups excluding carboxylic acids is 2. The highest BCUT2D eigenvalue weighted by molar-refractivity contribution is 7.18. The summed E-state index contributed by atoms with van der Waals surface area (Å²) in [5.41, 5.74) is 2.49. The number of hydrogen-bond acceptors (Lipinski definition) is 9. The van der Waals surface area contributed by atoms with Gasteiger partial charge < -0.3 is 9.64 Å². The highest BCUT2D eigenvalue weighted by atomic mass is 35.5. The number of pyridine rings is 1. The molecule has 1 amide bonds. The number of carbonyl (C=O) groups is 2. The number of thiazole rings is 1. The van der Waals surface area contributed by atoms with Crippen LogP contribution >= 0.6 is 45.9 Å². The van der Waals surface area contributed by atoms with Crippen LogP contribution < -0.4 is 10.2 Å². The molecule has 1 N–H and O–H groups in total. The largest absolute Gasteiger partial charge is 0.466 e. The first-order valence-electron chi connectivity index (χ1n) is 15.5. The summed E-state index contributed by atoms with van der Waals surface area (Å²) < 4.78 is 5.18. The Morgan fingerprint density at radius 2 is 1.89 bits per heavy atom. The second kappa shape index (κ2) is 14.3. The standard InChI is InChI=1S/C32H37Cl2N5O3S2/c1-2-42-31(41)21-10-14-39(15-11-21)29-25(34)16-22(18-35-29)30(40)37-32-36-27(26-17-23(33)19-43-26)28(44-32)20-8-12-38(13-9-20)24-6-4-3-5-7-24/h8,16-19,21,24H,2-7,9-15H2,1H3,(H,36,37,40). The van der Waals surface area contributed by atoms with Gasteiger partial charge in [0.1, 0.15) is 11.5 Å². The average Bonchev–Trinajstić information content (AvgIpc) is 3.67. The number of ether oxygens (including phenoxy) is 1. The van der Waals surface area contributed by atoms with Crippen molar-refractivity contribution in [2.45, 2.75) is 64.3 Å². The number of thiophene rings is 1. The molecule has 234 valence electrons. The zero-order valence-corrected chi connectivity index (χ0v) is 28.0. The maximum Gasteiger partial charge on any atom is 0.309 e. The fourth-order valence-corrected chi connectivity index (χ4v) is 8.87.